The minimum absolute atomic E-state index is 0.0671. The number of carbonyl (C=O) groups is 1. The van der Waals surface area contributed by atoms with E-state index >= 15 is 0 Å². The van der Waals surface area contributed by atoms with Crippen LogP contribution in [-0.2, 0) is 17.7 Å². The Balaban J connectivity index is 1.74. The van der Waals surface area contributed by atoms with Crippen LogP contribution in [0.1, 0.15) is 45.5 Å². The van der Waals surface area contributed by atoms with E-state index < -0.39 is 0 Å². The molecule has 0 radical (unpaired) electrons. The summed E-state index contributed by atoms with van der Waals surface area (Å²) in [5.74, 6) is -0.0671. The molecule has 1 N–H and O–H groups in total. The number of likely N-dealkylation sites (tertiary alicyclic amines) is 1. The molecule has 2 aromatic carbocycles. The van der Waals surface area contributed by atoms with Crippen molar-refractivity contribution in [3.8, 4) is 17.2 Å². The molecule has 4 rings (SSSR count). The maximum absolute atomic E-state index is 13.4. The third-order valence-electron chi connectivity index (χ3n) is 6.22. The lowest BCUT2D eigenvalue weighted by Gasteiger charge is -2.24. The van der Waals surface area contributed by atoms with E-state index in [1.165, 1.54) is 12.7 Å². The molecule has 6 heteroatoms. The summed E-state index contributed by atoms with van der Waals surface area (Å²) >= 11 is 0. The number of benzene rings is 2. The van der Waals surface area contributed by atoms with Crippen molar-refractivity contribution in [2.24, 2.45) is 5.16 Å². The monoisotopic (exact) mass is 403 g/mol. The third-order valence-corrected chi connectivity index (χ3v) is 6.22. The second kappa shape index (κ2) is 8.29. The number of fused-ring (bicyclic) bond motifs is 1. The summed E-state index contributed by atoms with van der Waals surface area (Å²) in [4.78, 5) is 20.0. The van der Waals surface area contributed by atoms with Crippen LogP contribution in [0.2, 0.25) is 0 Å². The van der Waals surface area contributed by atoms with E-state index in [4.69, 9.17) is 4.84 Å². The van der Waals surface area contributed by atoms with Crippen LogP contribution in [0.15, 0.2) is 35.5 Å². The minimum Gasteiger partial charge on any atom is -0.399 e. The van der Waals surface area contributed by atoms with Crippen LogP contribution in [0.4, 0.5) is 0 Å². The maximum Gasteiger partial charge on any atom is 0.254 e. The molecule has 6 nitrogen and oxygen atoms in total. The number of rotatable bonds is 4. The van der Waals surface area contributed by atoms with Crippen molar-refractivity contribution in [3.05, 3.63) is 58.1 Å². The quantitative estimate of drug-likeness (QED) is 0.794. The van der Waals surface area contributed by atoms with Gasteiger partial charge < -0.3 is 14.8 Å². The van der Waals surface area contributed by atoms with Gasteiger partial charge in [0.15, 0.2) is 0 Å². The first-order valence-corrected chi connectivity index (χ1v) is 10.2. The number of amides is 1. The highest BCUT2D eigenvalue weighted by atomic mass is 16.6. The van der Waals surface area contributed by atoms with Gasteiger partial charge in [0, 0.05) is 12.0 Å². The lowest BCUT2D eigenvalue weighted by molar-refractivity contribution is 0.0679. The molecule has 1 heterocycles. The molecular formula is C24H25N3O3. The zero-order chi connectivity index (χ0) is 21.3. The van der Waals surface area contributed by atoms with Crippen molar-refractivity contribution in [2.75, 3.05) is 20.3 Å². The Morgan fingerprint density at radius 1 is 1.27 bits per heavy atom. The lowest BCUT2D eigenvalue weighted by atomic mass is 9.89. The molecule has 0 unspecified atom stereocenters. The van der Waals surface area contributed by atoms with Gasteiger partial charge in [-0.05, 0) is 66.1 Å². The molecule has 0 aromatic heterocycles. The second-order valence-electron chi connectivity index (χ2n) is 7.87. The summed E-state index contributed by atoms with van der Waals surface area (Å²) in [5, 5.41) is 23.1. The van der Waals surface area contributed by atoms with Crippen molar-refractivity contribution < 1.29 is 14.7 Å². The van der Waals surface area contributed by atoms with Gasteiger partial charge in [-0.1, -0.05) is 23.4 Å². The van der Waals surface area contributed by atoms with E-state index in [9.17, 15) is 15.2 Å². The fraction of sp³-hybridized carbons (Fsp3) is 0.375. The normalized spacial score (nSPS) is 19.1. The van der Waals surface area contributed by atoms with Gasteiger partial charge in [0.25, 0.3) is 5.91 Å². The molecule has 1 aliphatic carbocycles. The molecule has 1 atom stereocenters. The third kappa shape index (κ3) is 3.35. The topological polar surface area (TPSA) is 85.9 Å². The Morgan fingerprint density at radius 2 is 2.07 bits per heavy atom. The Morgan fingerprint density at radius 3 is 2.80 bits per heavy atom. The first-order chi connectivity index (χ1) is 14.6. The standard InChI is InChI=1S/C24H25N3O3/c1-15-16(12-25)5-3-6-19(15)22-9-10-23(21-8-4-7-20(21)22)24(29)27-13-17(26-30-2)11-18(27)14-28/h3,5-6,9-10,18,28H,4,7-8,11,13-14H2,1-2H3/b26-17+/t18-/m0/s1. The van der Waals surface area contributed by atoms with E-state index in [1.807, 2.05) is 37.3 Å². The van der Waals surface area contributed by atoms with Gasteiger partial charge in [-0.3, -0.25) is 4.79 Å². The average Bonchev–Trinajstić information content (AvgIpc) is 3.40. The molecule has 1 aliphatic heterocycles. The number of aliphatic hydroxyl groups is 1. The summed E-state index contributed by atoms with van der Waals surface area (Å²) < 4.78 is 0. The van der Waals surface area contributed by atoms with Crippen LogP contribution < -0.4 is 0 Å². The van der Waals surface area contributed by atoms with Crippen molar-refractivity contribution in [3.63, 3.8) is 0 Å². The van der Waals surface area contributed by atoms with Gasteiger partial charge in [-0.2, -0.15) is 5.26 Å². The van der Waals surface area contributed by atoms with Crippen LogP contribution in [-0.4, -0.2) is 47.9 Å². The van der Waals surface area contributed by atoms with Crippen LogP contribution in [0.25, 0.3) is 11.1 Å². The van der Waals surface area contributed by atoms with Gasteiger partial charge in [0.05, 0.1) is 36.5 Å². The van der Waals surface area contributed by atoms with Gasteiger partial charge in [0.2, 0.25) is 0 Å². The maximum atomic E-state index is 13.4. The highest BCUT2D eigenvalue weighted by Crippen LogP contribution is 2.37. The predicted octanol–water partition coefficient (Wildman–Crippen LogP) is 3.23. The fourth-order valence-corrected chi connectivity index (χ4v) is 4.73. The second-order valence-corrected chi connectivity index (χ2v) is 7.87. The summed E-state index contributed by atoms with van der Waals surface area (Å²) in [7, 11) is 1.49. The van der Waals surface area contributed by atoms with Crippen LogP contribution in [0.5, 0.6) is 0 Å². The number of nitrogens with zero attached hydrogens (tertiary/aromatic N) is 3. The summed E-state index contributed by atoms with van der Waals surface area (Å²) in [6.45, 7) is 2.24. The van der Waals surface area contributed by atoms with E-state index in [0.29, 0.717) is 24.1 Å². The Bertz CT molecular complexity index is 1070. The summed E-state index contributed by atoms with van der Waals surface area (Å²) in [6.07, 6.45) is 3.31. The zero-order valence-electron chi connectivity index (χ0n) is 17.3. The molecule has 154 valence electrons. The number of aliphatic hydroxyl groups excluding tert-OH is 1. The molecule has 30 heavy (non-hydrogen) atoms. The highest BCUT2D eigenvalue weighted by molar-refractivity contribution is 6.02. The smallest absolute Gasteiger partial charge is 0.254 e. The first kappa shape index (κ1) is 20.1. The Kier molecular flexibility index (Phi) is 5.56. The van der Waals surface area contributed by atoms with Gasteiger partial charge in [-0.15, -0.1) is 0 Å². The van der Waals surface area contributed by atoms with Crippen molar-refractivity contribution in [2.45, 2.75) is 38.6 Å². The largest absolute Gasteiger partial charge is 0.399 e. The van der Waals surface area contributed by atoms with Crippen LogP contribution in [0.3, 0.4) is 0 Å². The summed E-state index contributed by atoms with van der Waals surface area (Å²) in [6, 6.07) is 11.7. The molecular weight excluding hydrogens is 378 g/mol. The number of oxime groups is 1. The average molecular weight is 403 g/mol. The van der Waals surface area contributed by atoms with Gasteiger partial charge >= 0.3 is 0 Å². The Hall–Kier alpha value is -3.17. The number of carbonyl (C=O) groups excluding carboxylic acids is 1. The molecule has 1 amide bonds. The molecule has 0 bridgehead atoms. The Labute approximate surface area is 176 Å². The number of hydrogen-bond donors (Lipinski definition) is 1. The SMILES string of the molecule is CO/N=C1\C[C@@H](CO)N(C(=O)c2ccc(-c3cccc(C#N)c3C)c3c2CCC3)C1. The number of hydrogen-bond acceptors (Lipinski definition) is 5. The van der Waals surface area contributed by atoms with E-state index in [0.717, 1.165) is 47.2 Å². The van der Waals surface area contributed by atoms with Crippen molar-refractivity contribution in [1.82, 2.24) is 4.90 Å². The molecule has 2 aromatic rings. The predicted molar refractivity (Wildman–Crippen MR) is 114 cm³/mol. The van der Waals surface area contributed by atoms with Gasteiger partial charge in [-0.25, -0.2) is 0 Å². The molecule has 0 saturated carbocycles. The van der Waals surface area contributed by atoms with E-state index in [2.05, 4.69) is 11.2 Å². The van der Waals surface area contributed by atoms with Crippen molar-refractivity contribution >= 4 is 11.6 Å². The van der Waals surface area contributed by atoms with Crippen molar-refractivity contribution in [1.29, 1.82) is 5.26 Å². The fourth-order valence-electron chi connectivity index (χ4n) is 4.73. The molecule has 1 saturated heterocycles. The zero-order valence-corrected chi connectivity index (χ0v) is 17.3. The first-order valence-electron chi connectivity index (χ1n) is 10.2. The minimum atomic E-state index is -0.280. The molecule has 1 fully saturated rings. The lowest BCUT2D eigenvalue weighted by Crippen LogP contribution is -2.38. The highest BCUT2D eigenvalue weighted by Gasteiger charge is 2.35. The summed E-state index contributed by atoms with van der Waals surface area (Å²) in [5.41, 5.74) is 7.56. The van der Waals surface area contributed by atoms with Crippen LogP contribution >= 0.6 is 0 Å². The van der Waals surface area contributed by atoms with Crippen LogP contribution in [0, 0.1) is 18.3 Å². The van der Waals surface area contributed by atoms with Gasteiger partial charge in [0.1, 0.15) is 7.11 Å². The molecule has 0 spiro atoms. The van der Waals surface area contributed by atoms with E-state index in [1.54, 1.807) is 4.90 Å². The molecule has 2 aliphatic rings. The van der Waals surface area contributed by atoms with E-state index in [-0.39, 0.29) is 18.6 Å². The number of nitriles is 1.